The van der Waals surface area contributed by atoms with Crippen LogP contribution in [0.15, 0.2) is 65.6 Å². The summed E-state index contributed by atoms with van der Waals surface area (Å²) in [6.45, 7) is 5.20. The summed E-state index contributed by atoms with van der Waals surface area (Å²) >= 11 is 0. The van der Waals surface area contributed by atoms with Crippen LogP contribution in [0, 0.1) is 18.2 Å². The van der Waals surface area contributed by atoms with Crippen molar-refractivity contribution in [2.75, 3.05) is 31.5 Å². The Kier molecular flexibility index (Phi) is 7.75. The molecule has 5 rings (SSSR count). The monoisotopic (exact) mass is 540 g/mol. The molecule has 0 aliphatic carbocycles. The molecule has 1 aliphatic rings. The predicted molar refractivity (Wildman–Crippen MR) is 151 cm³/mol. The van der Waals surface area contributed by atoms with E-state index < -0.39 is 11.9 Å². The second-order valence-corrected chi connectivity index (χ2v) is 9.83. The van der Waals surface area contributed by atoms with Gasteiger partial charge in [0.25, 0.3) is 5.56 Å². The highest BCUT2D eigenvalue weighted by Gasteiger charge is 2.20. The number of hydrogen-bond donors (Lipinski definition) is 2. The molecule has 2 N–H and O–H groups in total. The van der Waals surface area contributed by atoms with Gasteiger partial charge in [0, 0.05) is 61.5 Å². The van der Waals surface area contributed by atoms with Crippen molar-refractivity contribution in [3.63, 3.8) is 0 Å². The molecule has 0 unspecified atom stereocenters. The molecule has 40 heavy (non-hydrogen) atoms. The Bertz CT molecular complexity index is 1640. The van der Waals surface area contributed by atoms with Gasteiger partial charge >= 0.3 is 6.09 Å². The number of piperazine rings is 1. The molecule has 0 saturated carbocycles. The van der Waals surface area contributed by atoms with Crippen molar-refractivity contribution in [2.45, 2.75) is 26.1 Å². The minimum Gasteiger partial charge on any atom is -0.465 e. The minimum absolute atomic E-state index is 0.00564. The van der Waals surface area contributed by atoms with Crippen molar-refractivity contribution in [1.29, 1.82) is 0 Å². The normalized spacial score (nSPS) is 14.6. The summed E-state index contributed by atoms with van der Waals surface area (Å²) in [7, 11) is 0. The number of terminal acetylenes is 1. The van der Waals surface area contributed by atoms with Crippen LogP contribution in [0.5, 0.6) is 0 Å². The van der Waals surface area contributed by atoms with E-state index in [0.29, 0.717) is 54.3 Å². The van der Waals surface area contributed by atoms with E-state index in [-0.39, 0.29) is 18.1 Å². The number of aromatic nitrogens is 3. The van der Waals surface area contributed by atoms with Crippen molar-refractivity contribution >= 4 is 23.1 Å². The molecule has 2 aromatic carbocycles. The first-order chi connectivity index (χ1) is 19.3. The molecule has 1 fully saturated rings. The SMILES string of the molecule is C#Cc1ccc(Cn2c(=O)ccc3cnc(N[C@@H](C)c4ccc(CN5CCN(C(=O)O)CC5)cc4)nc32)c(F)c1. The molecule has 204 valence electrons. The third-order valence-corrected chi connectivity index (χ3v) is 7.15. The largest absolute Gasteiger partial charge is 0.465 e. The molecule has 1 saturated heterocycles. The van der Waals surface area contributed by atoms with Crippen molar-refractivity contribution < 1.29 is 14.3 Å². The number of benzene rings is 2. The van der Waals surface area contributed by atoms with Crippen molar-refractivity contribution in [3.8, 4) is 12.3 Å². The first-order valence-corrected chi connectivity index (χ1v) is 13.0. The Morgan fingerprint density at radius 2 is 1.85 bits per heavy atom. The van der Waals surface area contributed by atoms with Gasteiger partial charge in [0.05, 0.1) is 12.6 Å². The lowest BCUT2D eigenvalue weighted by Gasteiger charge is -2.33. The van der Waals surface area contributed by atoms with Gasteiger partial charge in [0.2, 0.25) is 5.95 Å². The zero-order valence-corrected chi connectivity index (χ0v) is 22.0. The molecule has 4 aromatic rings. The third-order valence-electron chi connectivity index (χ3n) is 7.15. The highest BCUT2D eigenvalue weighted by molar-refractivity contribution is 5.75. The van der Waals surface area contributed by atoms with E-state index in [4.69, 9.17) is 11.5 Å². The standard InChI is InChI=1S/C30H29FN6O3/c1-3-21-4-9-25(26(31)16-21)19-37-27(38)11-10-24-17-32-29(34-28(24)37)33-20(2)23-7-5-22(6-8-23)18-35-12-14-36(15-13-35)30(39)40/h1,4-11,16-17,20H,12-15,18-19H2,2H3,(H,39,40)(H,32,33,34)/t20-/m0/s1. The van der Waals surface area contributed by atoms with Crippen LogP contribution in [0.3, 0.4) is 0 Å². The summed E-state index contributed by atoms with van der Waals surface area (Å²) in [6, 6.07) is 15.7. The van der Waals surface area contributed by atoms with E-state index in [1.54, 1.807) is 24.4 Å². The molecule has 1 atom stereocenters. The molecule has 0 radical (unpaired) electrons. The number of fused-ring (bicyclic) bond motifs is 1. The molecule has 9 nitrogen and oxygen atoms in total. The van der Waals surface area contributed by atoms with Crippen molar-refractivity contribution in [2.24, 2.45) is 0 Å². The second-order valence-electron chi connectivity index (χ2n) is 9.83. The average Bonchev–Trinajstić information content (AvgIpc) is 2.96. The van der Waals surface area contributed by atoms with Crippen LogP contribution in [0.4, 0.5) is 15.1 Å². The van der Waals surface area contributed by atoms with Crippen LogP contribution in [0.2, 0.25) is 0 Å². The second kappa shape index (κ2) is 11.6. The van der Waals surface area contributed by atoms with E-state index in [2.05, 4.69) is 38.2 Å². The van der Waals surface area contributed by atoms with Gasteiger partial charge in [-0.25, -0.2) is 14.2 Å². The summed E-state index contributed by atoms with van der Waals surface area (Å²) < 4.78 is 16.0. The zero-order chi connectivity index (χ0) is 28.2. The van der Waals surface area contributed by atoms with Crippen LogP contribution in [0.1, 0.15) is 35.2 Å². The fourth-order valence-electron chi connectivity index (χ4n) is 4.77. The van der Waals surface area contributed by atoms with Crippen molar-refractivity contribution in [1.82, 2.24) is 24.3 Å². The molecule has 3 heterocycles. The number of nitrogens with zero attached hydrogens (tertiary/aromatic N) is 5. The lowest BCUT2D eigenvalue weighted by atomic mass is 10.1. The first-order valence-electron chi connectivity index (χ1n) is 13.0. The minimum atomic E-state index is -0.867. The molecule has 0 bridgehead atoms. The number of halogens is 1. The lowest BCUT2D eigenvalue weighted by Crippen LogP contribution is -2.47. The molecular formula is C30H29FN6O3. The first kappa shape index (κ1) is 26.8. The van der Waals surface area contributed by atoms with E-state index in [1.807, 2.05) is 19.1 Å². The van der Waals surface area contributed by atoms with Crippen LogP contribution < -0.4 is 10.9 Å². The van der Waals surface area contributed by atoms with Gasteiger partial charge in [-0.05, 0) is 36.2 Å². The zero-order valence-electron chi connectivity index (χ0n) is 22.0. The number of carbonyl (C=O) groups is 1. The van der Waals surface area contributed by atoms with E-state index in [0.717, 1.165) is 17.7 Å². The number of rotatable bonds is 7. The predicted octanol–water partition coefficient (Wildman–Crippen LogP) is 3.93. The summed E-state index contributed by atoms with van der Waals surface area (Å²) in [4.78, 5) is 36.6. The fourth-order valence-corrected chi connectivity index (χ4v) is 4.77. The number of amides is 1. The molecule has 2 aromatic heterocycles. The number of hydrogen-bond acceptors (Lipinski definition) is 6. The topological polar surface area (TPSA) is 104 Å². The molecular weight excluding hydrogens is 511 g/mol. The van der Waals surface area contributed by atoms with Gasteiger partial charge in [0.1, 0.15) is 11.5 Å². The Morgan fingerprint density at radius 3 is 2.52 bits per heavy atom. The number of nitrogens with one attached hydrogen (secondary N) is 1. The van der Waals surface area contributed by atoms with Gasteiger partial charge in [-0.15, -0.1) is 6.42 Å². The van der Waals surface area contributed by atoms with Gasteiger partial charge < -0.3 is 15.3 Å². The van der Waals surface area contributed by atoms with E-state index in [1.165, 1.54) is 21.6 Å². The summed E-state index contributed by atoms with van der Waals surface area (Å²) in [5, 5.41) is 13.1. The highest BCUT2D eigenvalue weighted by Crippen LogP contribution is 2.21. The third kappa shape index (κ3) is 5.95. The molecule has 0 spiro atoms. The quantitative estimate of drug-likeness (QED) is 0.343. The van der Waals surface area contributed by atoms with Crippen LogP contribution in [-0.2, 0) is 13.1 Å². The van der Waals surface area contributed by atoms with Gasteiger partial charge in [-0.3, -0.25) is 14.3 Å². The Hall–Kier alpha value is -4.75. The van der Waals surface area contributed by atoms with Crippen molar-refractivity contribution in [3.05, 3.63) is 99.2 Å². The molecule has 10 heteroatoms. The summed E-state index contributed by atoms with van der Waals surface area (Å²) in [5.41, 5.74) is 3.04. The highest BCUT2D eigenvalue weighted by atomic mass is 19.1. The Morgan fingerprint density at radius 1 is 1.10 bits per heavy atom. The average molecular weight is 541 g/mol. The molecule has 1 amide bonds. The number of pyridine rings is 1. The Labute approximate surface area is 230 Å². The maximum Gasteiger partial charge on any atom is 0.407 e. The summed E-state index contributed by atoms with van der Waals surface area (Å²) in [5.74, 6) is 2.28. The van der Waals surface area contributed by atoms with Crippen LogP contribution >= 0.6 is 0 Å². The van der Waals surface area contributed by atoms with Gasteiger partial charge in [-0.1, -0.05) is 36.3 Å². The smallest absolute Gasteiger partial charge is 0.407 e. The maximum atomic E-state index is 14.6. The lowest BCUT2D eigenvalue weighted by molar-refractivity contribution is 0.103. The van der Waals surface area contributed by atoms with Gasteiger partial charge in [0.15, 0.2) is 0 Å². The number of carboxylic acid groups (broad SMARTS) is 1. The van der Waals surface area contributed by atoms with E-state index in [9.17, 15) is 14.0 Å². The van der Waals surface area contributed by atoms with Crippen LogP contribution in [0.25, 0.3) is 11.0 Å². The number of anilines is 1. The maximum absolute atomic E-state index is 14.6. The Balaban J connectivity index is 1.29. The van der Waals surface area contributed by atoms with Gasteiger partial charge in [-0.2, -0.15) is 4.98 Å². The fraction of sp³-hybridized carbons (Fsp3) is 0.267. The summed E-state index contributed by atoms with van der Waals surface area (Å²) in [6.07, 6.45) is 6.13. The van der Waals surface area contributed by atoms with E-state index >= 15 is 0 Å². The van der Waals surface area contributed by atoms with Crippen LogP contribution in [-0.4, -0.2) is 61.7 Å². The molecule has 1 aliphatic heterocycles.